The van der Waals surface area contributed by atoms with Crippen LogP contribution in [0.15, 0.2) is 17.0 Å². The Bertz CT molecular complexity index is 614. The maximum atomic E-state index is 13.5. The molecule has 0 saturated heterocycles. The van der Waals surface area contributed by atoms with Crippen LogP contribution in [-0.2, 0) is 10.0 Å². The maximum Gasteiger partial charge on any atom is 0.306 e. The Hall–Kier alpha value is -1.54. The van der Waals surface area contributed by atoms with Gasteiger partial charge in [-0.3, -0.25) is 10.1 Å². The molecule has 0 amide bonds. The molecular weight excluding hydrogens is 287 g/mol. The number of aryl methyl sites for hydroxylation is 1. The molecule has 0 aliphatic rings. The van der Waals surface area contributed by atoms with Crippen molar-refractivity contribution in [3.8, 4) is 0 Å². The number of hydrogen-bond donors (Lipinski definition) is 1. The third-order valence-corrected chi connectivity index (χ3v) is 4.17. The van der Waals surface area contributed by atoms with Crippen LogP contribution >= 0.6 is 0 Å². The van der Waals surface area contributed by atoms with Crippen LogP contribution in [0.25, 0.3) is 0 Å². The zero-order valence-electron chi connectivity index (χ0n) is 11.5. The predicted octanol–water partition coefficient (Wildman–Crippen LogP) is 2.37. The van der Waals surface area contributed by atoms with Crippen LogP contribution in [0.3, 0.4) is 0 Å². The molecule has 20 heavy (non-hydrogen) atoms. The number of benzene rings is 1. The summed E-state index contributed by atoms with van der Waals surface area (Å²) in [4.78, 5) is 9.47. The lowest BCUT2D eigenvalue weighted by molar-refractivity contribution is -0.387. The molecule has 0 aliphatic heterocycles. The van der Waals surface area contributed by atoms with Crippen molar-refractivity contribution < 1.29 is 17.7 Å². The maximum absolute atomic E-state index is 13.5. The van der Waals surface area contributed by atoms with E-state index >= 15 is 0 Å². The summed E-state index contributed by atoms with van der Waals surface area (Å²) >= 11 is 0. The SMILES string of the molecule is Cc1cc(S(=O)(=O)NCCC(C)C)cc([N+](=O)[O-])c1F. The fourth-order valence-electron chi connectivity index (χ4n) is 1.57. The summed E-state index contributed by atoms with van der Waals surface area (Å²) in [6.45, 7) is 5.40. The van der Waals surface area contributed by atoms with Crippen LogP contribution < -0.4 is 4.72 Å². The van der Waals surface area contributed by atoms with Gasteiger partial charge in [0, 0.05) is 12.6 Å². The Morgan fingerprint density at radius 3 is 2.50 bits per heavy atom. The van der Waals surface area contributed by atoms with Gasteiger partial charge < -0.3 is 0 Å². The zero-order valence-corrected chi connectivity index (χ0v) is 12.3. The Kier molecular flexibility index (Phi) is 5.18. The van der Waals surface area contributed by atoms with Crippen molar-refractivity contribution in [3.63, 3.8) is 0 Å². The van der Waals surface area contributed by atoms with Crippen LogP contribution in [0, 0.1) is 28.8 Å². The van der Waals surface area contributed by atoms with E-state index in [1.807, 2.05) is 13.8 Å². The highest BCUT2D eigenvalue weighted by molar-refractivity contribution is 7.89. The van der Waals surface area contributed by atoms with E-state index in [4.69, 9.17) is 0 Å². The lowest BCUT2D eigenvalue weighted by Crippen LogP contribution is -2.26. The molecule has 1 aromatic carbocycles. The van der Waals surface area contributed by atoms with Crippen molar-refractivity contribution in [1.82, 2.24) is 4.72 Å². The molecule has 0 fully saturated rings. The van der Waals surface area contributed by atoms with E-state index in [0.29, 0.717) is 12.3 Å². The fourth-order valence-corrected chi connectivity index (χ4v) is 2.72. The molecule has 0 saturated carbocycles. The van der Waals surface area contributed by atoms with Gasteiger partial charge in [0.15, 0.2) is 0 Å². The number of rotatable bonds is 6. The van der Waals surface area contributed by atoms with E-state index in [1.54, 1.807) is 0 Å². The molecule has 1 N–H and O–H groups in total. The molecule has 0 aromatic heterocycles. The van der Waals surface area contributed by atoms with Crippen LogP contribution in [0.2, 0.25) is 0 Å². The van der Waals surface area contributed by atoms with Gasteiger partial charge in [0.05, 0.1) is 9.82 Å². The molecule has 0 unspecified atom stereocenters. The minimum Gasteiger partial charge on any atom is -0.258 e. The molecule has 0 atom stereocenters. The largest absolute Gasteiger partial charge is 0.306 e. The first-order valence-electron chi connectivity index (χ1n) is 6.09. The normalized spacial score (nSPS) is 11.8. The molecule has 112 valence electrons. The van der Waals surface area contributed by atoms with Crippen molar-refractivity contribution in [1.29, 1.82) is 0 Å². The summed E-state index contributed by atoms with van der Waals surface area (Å²) in [5.41, 5.74) is -0.919. The van der Waals surface area contributed by atoms with E-state index in [9.17, 15) is 22.9 Å². The molecule has 0 heterocycles. The van der Waals surface area contributed by atoms with Crippen LogP contribution in [0.1, 0.15) is 25.8 Å². The quantitative estimate of drug-likeness (QED) is 0.645. The summed E-state index contributed by atoms with van der Waals surface area (Å²) in [5, 5.41) is 10.7. The number of nitro groups is 1. The number of nitrogens with zero attached hydrogens (tertiary/aromatic N) is 1. The Balaban J connectivity index is 3.10. The monoisotopic (exact) mass is 304 g/mol. The van der Waals surface area contributed by atoms with Gasteiger partial charge in [0.1, 0.15) is 0 Å². The lowest BCUT2D eigenvalue weighted by Gasteiger charge is -2.09. The summed E-state index contributed by atoms with van der Waals surface area (Å²) in [7, 11) is -3.87. The molecule has 0 spiro atoms. The molecule has 1 rings (SSSR count). The number of halogens is 1. The summed E-state index contributed by atoms with van der Waals surface area (Å²) in [6, 6.07) is 1.82. The Morgan fingerprint density at radius 1 is 1.40 bits per heavy atom. The zero-order chi connectivity index (χ0) is 15.5. The molecule has 0 radical (unpaired) electrons. The van der Waals surface area contributed by atoms with Crippen molar-refractivity contribution in [3.05, 3.63) is 33.6 Å². The first kappa shape index (κ1) is 16.5. The molecule has 8 heteroatoms. The molecular formula is C12H17FN2O4S. The molecule has 6 nitrogen and oxygen atoms in total. The van der Waals surface area contributed by atoms with Crippen molar-refractivity contribution >= 4 is 15.7 Å². The lowest BCUT2D eigenvalue weighted by atomic mass is 10.1. The highest BCUT2D eigenvalue weighted by Gasteiger charge is 2.23. The number of nitrogens with one attached hydrogen (secondary N) is 1. The van der Waals surface area contributed by atoms with Crippen LogP contribution in [-0.4, -0.2) is 19.9 Å². The minimum absolute atomic E-state index is 0.0802. The average molecular weight is 304 g/mol. The van der Waals surface area contributed by atoms with Gasteiger partial charge in [0.2, 0.25) is 15.8 Å². The van der Waals surface area contributed by atoms with E-state index in [0.717, 1.165) is 12.1 Å². The van der Waals surface area contributed by atoms with Gasteiger partial charge in [-0.25, -0.2) is 13.1 Å². The molecule has 0 bridgehead atoms. The van der Waals surface area contributed by atoms with E-state index in [1.165, 1.54) is 6.92 Å². The summed E-state index contributed by atoms with van der Waals surface area (Å²) in [6.07, 6.45) is 0.640. The van der Waals surface area contributed by atoms with Gasteiger partial charge in [0.25, 0.3) is 0 Å². The number of nitro benzene ring substituents is 1. The Labute approximate surface area is 117 Å². The molecule has 1 aromatic rings. The first-order valence-corrected chi connectivity index (χ1v) is 7.57. The van der Waals surface area contributed by atoms with Gasteiger partial charge in [-0.1, -0.05) is 13.8 Å². The topological polar surface area (TPSA) is 89.3 Å². The Morgan fingerprint density at radius 2 is 2.00 bits per heavy atom. The second-order valence-corrected chi connectivity index (χ2v) is 6.68. The van der Waals surface area contributed by atoms with Crippen LogP contribution in [0.4, 0.5) is 10.1 Å². The average Bonchev–Trinajstić information content (AvgIpc) is 2.31. The van der Waals surface area contributed by atoms with Crippen molar-refractivity contribution in [2.75, 3.05) is 6.54 Å². The highest BCUT2D eigenvalue weighted by Crippen LogP contribution is 2.25. The summed E-state index contributed by atoms with van der Waals surface area (Å²) in [5.74, 6) is -0.696. The molecule has 0 aliphatic carbocycles. The highest BCUT2D eigenvalue weighted by atomic mass is 32.2. The second-order valence-electron chi connectivity index (χ2n) is 4.91. The minimum atomic E-state index is -3.87. The first-order chi connectivity index (χ1) is 9.15. The number of sulfonamides is 1. The van der Waals surface area contributed by atoms with Gasteiger partial charge in [-0.2, -0.15) is 4.39 Å². The smallest absolute Gasteiger partial charge is 0.258 e. The predicted molar refractivity (Wildman–Crippen MR) is 72.4 cm³/mol. The third-order valence-electron chi connectivity index (χ3n) is 2.73. The second kappa shape index (κ2) is 6.27. The van der Waals surface area contributed by atoms with Crippen molar-refractivity contribution in [2.45, 2.75) is 32.1 Å². The van der Waals surface area contributed by atoms with E-state index in [-0.39, 0.29) is 17.0 Å². The summed E-state index contributed by atoms with van der Waals surface area (Å²) < 4.78 is 39.9. The van der Waals surface area contributed by atoms with Gasteiger partial charge in [-0.05, 0) is 30.9 Å². The fraction of sp³-hybridized carbons (Fsp3) is 0.500. The van der Waals surface area contributed by atoms with Gasteiger partial charge in [-0.15, -0.1) is 0 Å². The van der Waals surface area contributed by atoms with E-state index in [2.05, 4.69) is 4.72 Å². The van der Waals surface area contributed by atoms with Crippen molar-refractivity contribution in [2.24, 2.45) is 5.92 Å². The number of hydrogen-bond acceptors (Lipinski definition) is 4. The standard InChI is InChI=1S/C12H17FN2O4S/c1-8(2)4-5-14-20(18,19)10-6-9(3)12(13)11(7-10)15(16)17/h6-8,14H,4-5H2,1-3H3. The third kappa shape index (κ3) is 3.97. The van der Waals surface area contributed by atoms with E-state index < -0.39 is 26.5 Å². The van der Waals surface area contributed by atoms with Gasteiger partial charge >= 0.3 is 5.69 Å². The van der Waals surface area contributed by atoms with Crippen LogP contribution in [0.5, 0.6) is 0 Å².